The summed E-state index contributed by atoms with van der Waals surface area (Å²) >= 11 is 0. The Morgan fingerprint density at radius 2 is 2.31 bits per heavy atom. The number of amides is 1. The monoisotopic (exact) mass is 224 g/mol. The summed E-state index contributed by atoms with van der Waals surface area (Å²) in [4.78, 5) is 11.0. The molecule has 0 fully saturated rings. The average Bonchev–Trinajstić information content (AvgIpc) is 2.27. The fourth-order valence-corrected chi connectivity index (χ4v) is 1.36. The molecule has 0 bridgehead atoms. The molecule has 1 amide bonds. The summed E-state index contributed by atoms with van der Waals surface area (Å²) in [7, 11) is 1.51. The molecule has 16 heavy (non-hydrogen) atoms. The normalized spacial score (nSPS) is 12.0. The van der Waals surface area contributed by atoms with Crippen LogP contribution in [0.1, 0.15) is 18.6 Å². The summed E-state index contributed by atoms with van der Waals surface area (Å²) in [5.41, 5.74) is 6.53. The Morgan fingerprint density at radius 1 is 1.62 bits per heavy atom. The number of methoxy groups -OCH3 is 1. The third-order valence-electron chi connectivity index (χ3n) is 2.14. The number of hydrogen-bond acceptors (Lipinski definition) is 4. The van der Waals surface area contributed by atoms with Gasteiger partial charge in [0.05, 0.1) is 18.9 Å². The van der Waals surface area contributed by atoms with E-state index in [2.05, 4.69) is 5.32 Å². The molecule has 0 heterocycles. The molecule has 1 atom stereocenters. The van der Waals surface area contributed by atoms with Gasteiger partial charge in [0.25, 0.3) is 0 Å². The Hall–Kier alpha value is -1.59. The maximum Gasteiger partial charge on any atom is 0.221 e. The number of rotatable bonds is 4. The van der Waals surface area contributed by atoms with E-state index in [-0.39, 0.29) is 12.5 Å². The van der Waals surface area contributed by atoms with Crippen molar-refractivity contribution in [3.63, 3.8) is 0 Å². The smallest absolute Gasteiger partial charge is 0.221 e. The third-order valence-corrected chi connectivity index (χ3v) is 2.14. The molecule has 4 N–H and O–H groups in total. The lowest BCUT2D eigenvalue weighted by atomic mass is 10.1. The number of nitrogens with one attached hydrogen (secondary N) is 1. The van der Waals surface area contributed by atoms with Crippen LogP contribution in [0.25, 0.3) is 0 Å². The first-order chi connectivity index (χ1) is 7.58. The minimum atomic E-state index is -0.738. The topological polar surface area (TPSA) is 84.6 Å². The van der Waals surface area contributed by atoms with E-state index < -0.39 is 6.10 Å². The highest BCUT2D eigenvalue weighted by molar-refractivity contribution is 5.90. The first-order valence-electron chi connectivity index (χ1n) is 4.92. The Labute approximate surface area is 94.2 Å². The van der Waals surface area contributed by atoms with Crippen LogP contribution in [0.2, 0.25) is 0 Å². The molecule has 1 rings (SSSR count). The van der Waals surface area contributed by atoms with Crippen molar-refractivity contribution < 1.29 is 14.6 Å². The zero-order chi connectivity index (χ0) is 12.1. The van der Waals surface area contributed by atoms with E-state index in [1.54, 1.807) is 18.2 Å². The maximum absolute atomic E-state index is 11.0. The first-order valence-corrected chi connectivity index (χ1v) is 4.92. The van der Waals surface area contributed by atoms with Crippen LogP contribution in [-0.2, 0) is 4.79 Å². The summed E-state index contributed by atoms with van der Waals surface area (Å²) in [5.74, 6) is 0.348. The van der Waals surface area contributed by atoms with Gasteiger partial charge < -0.3 is 20.9 Å². The van der Waals surface area contributed by atoms with E-state index in [1.165, 1.54) is 14.0 Å². The van der Waals surface area contributed by atoms with Crippen LogP contribution >= 0.6 is 0 Å². The largest absolute Gasteiger partial charge is 0.495 e. The van der Waals surface area contributed by atoms with Crippen molar-refractivity contribution >= 4 is 11.6 Å². The number of anilines is 1. The molecule has 0 saturated carbocycles. The number of nitrogens with two attached hydrogens (primary N) is 1. The molecule has 1 aromatic rings. The molecule has 0 aromatic heterocycles. The number of hydrogen-bond donors (Lipinski definition) is 3. The van der Waals surface area contributed by atoms with Crippen molar-refractivity contribution in [3.8, 4) is 5.75 Å². The fourth-order valence-electron chi connectivity index (χ4n) is 1.36. The van der Waals surface area contributed by atoms with Crippen LogP contribution in [0.3, 0.4) is 0 Å². The SMILES string of the molecule is COc1ccc(C(O)CN)cc1NC(C)=O. The van der Waals surface area contributed by atoms with Crippen LogP contribution in [0.5, 0.6) is 5.75 Å². The molecular weight excluding hydrogens is 208 g/mol. The van der Waals surface area contributed by atoms with Gasteiger partial charge in [0.2, 0.25) is 5.91 Å². The molecule has 5 heteroatoms. The summed E-state index contributed by atoms with van der Waals surface area (Å²) in [6.07, 6.45) is -0.738. The van der Waals surface area contributed by atoms with Gasteiger partial charge in [-0.25, -0.2) is 0 Å². The predicted molar refractivity (Wildman–Crippen MR) is 61.3 cm³/mol. The van der Waals surface area contributed by atoms with Crippen molar-refractivity contribution in [2.24, 2.45) is 5.73 Å². The third kappa shape index (κ3) is 2.95. The highest BCUT2D eigenvalue weighted by atomic mass is 16.5. The van der Waals surface area contributed by atoms with Crippen LogP contribution in [0, 0.1) is 0 Å². The standard InChI is InChI=1S/C11H16N2O3/c1-7(14)13-9-5-8(10(15)6-12)3-4-11(9)16-2/h3-5,10,15H,6,12H2,1-2H3,(H,13,14). The fraction of sp³-hybridized carbons (Fsp3) is 0.364. The zero-order valence-electron chi connectivity index (χ0n) is 9.36. The van der Waals surface area contributed by atoms with Gasteiger partial charge in [-0.3, -0.25) is 4.79 Å². The van der Waals surface area contributed by atoms with E-state index in [9.17, 15) is 9.90 Å². The van der Waals surface area contributed by atoms with E-state index in [0.29, 0.717) is 17.0 Å². The average molecular weight is 224 g/mol. The van der Waals surface area contributed by atoms with Gasteiger partial charge in [-0.05, 0) is 17.7 Å². The molecule has 0 spiro atoms. The highest BCUT2D eigenvalue weighted by Crippen LogP contribution is 2.27. The summed E-state index contributed by atoms with van der Waals surface area (Å²) < 4.78 is 5.09. The molecular formula is C11H16N2O3. The quantitative estimate of drug-likeness (QED) is 0.701. The molecule has 0 aliphatic rings. The number of ether oxygens (including phenoxy) is 1. The van der Waals surface area contributed by atoms with E-state index >= 15 is 0 Å². The predicted octanol–water partition coefficient (Wildman–Crippen LogP) is 0.646. The number of carbonyl (C=O) groups excluding carboxylic acids is 1. The molecule has 0 radical (unpaired) electrons. The van der Waals surface area contributed by atoms with E-state index in [0.717, 1.165) is 0 Å². The van der Waals surface area contributed by atoms with Gasteiger partial charge in [0.15, 0.2) is 0 Å². The Balaban J connectivity index is 3.05. The molecule has 1 unspecified atom stereocenters. The van der Waals surface area contributed by atoms with Gasteiger partial charge >= 0.3 is 0 Å². The van der Waals surface area contributed by atoms with Gasteiger partial charge in [-0.2, -0.15) is 0 Å². The second-order valence-electron chi connectivity index (χ2n) is 3.39. The summed E-state index contributed by atoms with van der Waals surface area (Å²) in [6.45, 7) is 1.54. The second-order valence-corrected chi connectivity index (χ2v) is 3.39. The van der Waals surface area contributed by atoms with Crippen LogP contribution in [0.15, 0.2) is 18.2 Å². The molecule has 0 aliphatic carbocycles. The summed E-state index contributed by atoms with van der Waals surface area (Å²) in [5, 5.41) is 12.2. The van der Waals surface area contributed by atoms with Gasteiger partial charge in [-0.15, -0.1) is 0 Å². The Morgan fingerprint density at radius 3 is 2.81 bits per heavy atom. The lowest BCUT2D eigenvalue weighted by molar-refractivity contribution is -0.114. The Kier molecular flexibility index (Phi) is 4.28. The molecule has 88 valence electrons. The lowest BCUT2D eigenvalue weighted by Crippen LogP contribution is -2.13. The van der Waals surface area contributed by atoms with E-state index in [4.69, 9.17) is 10.5 Å². The van der Waals surface area contributed by atoms with Crippen molar-refractivity contribution in [3.05, 3.63) is 23.8 Å². The number of benzene rings is 1. The van der Waals surface area contributed by atoms with Crippen LogP contribution in [-0.4, -0.2) is 24.7 Å². The summed E-state index contributed by atoms with van der Waals surface area (Å²) in [6, 6.07) is 5.04. The highest BCUT2D eigenvalue weighted by Gasteiger charge is 2.10. The lowest BCUT2D eigenvalue weighted by Gasteiger charge is -2.13. The zero-order valence-corrected chi connectivity index (χ0v) is 9.36. The van der Waals surface area contributed by atoms with Crippen LogP contribution < -0.4 is 15.8 Å². The molecule has 1 aromatic carbocycles. The molecule has 0 saturated heterocycles. The van der Waals surface area contributed by atoms with Crippen molar-refractivity contribution in [1.82, 2.24) is 0 Å². The second kappa shape index (κ2) is 5.48. The first kappa shape index (κ1) is 12.5. The molecule has 0 aliphatic heterocycles. The number of carbonyl (C=O) groups is 1. The van der Waals surface area contributed by atoms with E-state index in [1.807, 2.05) is 0 Å². The van der Waals surface area contributed by atoms with Gasteiger partial charge in [0.1, 0.15) is 5.75 Å². The van der Waals surface area contributed by atoms with Gasteiger partial charge in [-0.1, -0.05) is 6.07 Å². The van der Waals surface area contributed by atoms with Crippen LogP contribution in [0.4, 0.5) is 5.69 Å². The number of aliphatic hydroxyl groups is 1. The van der Waals surface area contributed by atoms with Crippen molar-refractivity contribution in [2.75, 3.05) is 19.0 Å². The Bertz CT molecular complexity index is 379. The van der Waals surface area contributed by atoms with Crippen molar-refractivity contribution in [2.45, 2.75) is 13.0 Å². The number of aliphatic hydroxyl groups excluding tert-OH is 1. The van der Waals surface area contributed by atoms with Gasteiger partial charge in [0, 0.05) is 13.5 Å². The molecule has 5 nitrogen and oxygen atoms in total. The minimum Gasteiger partial charge on any atom is -0.495 e. The van der Waals surface area contributed by atoms with Crippen molar-refractivity contribution in [1.29, 1.82) is 0 Å². The minimum absolute atomic E-state index is 0.131. The maximum atomic E-state index is 11.0.